The third-order valence-corrected chi connectivity index (χ3v) is 4.92. The average molecular weight is 297 g/mol. The maximum Gasteiger partial charge on any atom is 0.186 e. The van der Waals surface area contributed by atoms with Crippen molar-refractivity contribution >= 4 is 28.9 Å². The first-order valence-electron chi connectivity index (χ1n) is 6.54. The van der Waals surface area contributed by atoms with E-state index in [-0.39, 0.29) is 12.0 Å². The highest BCUT2D eigenvalue weighted by Crippen LogP contribution is 2.48. The zero-order valence-corrected chi connectivity index (χ0v) is 12.8. The van der Waals surface area contributed by atoms with Crippen LogP contribution in [0.1, 0.15) is 32.4 Å². The van der Waals surface area contributed by atoms with Crippen LogP contribution in [0.15, 0.2) is 18.2 Å². The molecule has 19 heavy (non-hydrogen) atoms. The molecule has 102 valence electrons. The quantitative estimate of drug-likeness (QED) is 0.804. The Kier molecular flexibility index (Phi) is 2.91. The molecule has 2 aliphatic rings. The molecule has 1 saturated heterocycles. The molecule has 1 aromatic carbocycles. The van der Waals surface area contributed by atoms with E-state index in [4.69, 9.17) is 28.6 Å². The van der Waals surface area contributed by atoms with Crippen LogP contribution >= 0.6 is 23.8 Å². The van der Waals surface area contributed by atoms with Gasteiger partial charge in [-0.2, -0.15) is 0 Å². The number of fused-ring (bicyclic) bond motifs is 4. The van der Waals surface area contributed by atoms with Gasteiger partial charge in [-0.3, -0.25) is 0 Å². The van der Waals surface area contributed by atoms with Crippen LogP contribution in [0.4, 0.5) is 0 Å². The molecule has 3 unspecified atom stereocenters. The van der Waals surface area contributed by atoms with Crippen molar-refractivity contribution in [3.05, 3.63) is 28.8 Å². The molecule has 0 amide bonds. The zero-order chi connectivity index (χ0) is 13.8. The number of rotatable bonds is 1. The zero-order valence-electron chi connectivity index (χ0n) is 11.2. The Balaban J connectivity index is 2.15. The Morgan fingerprint density at radius 2 is 2.26 bits per heavy atom. The van der Waals surface area contributed by atoms with Crippen molar-refractivity contribution in [2.75, 3.05) is 6.54 Å². The van der Waals surface area contributed by atoms with Crippen LogP contribution in [0.5, 0.6) is 5.75 Å². The molecule has 0 radical (unpaired) electrons. The van der Waals surface area contributed by atoms with Gasteiger partial charge in [0.05, 0.1) is 6.04 Å². The summed E-state index contributed by atoms with van der Waals surface area (Å²) in [5.74, 6) is 1.17. The van der Waals surface area contributed by atoms with Gasteiger partial charge >= 0.3 is 0 Å². The monoisotopic (exact) mass is 296 g/mol. The molecule has 1 aromatic rings. The second-order valence-corrected chi connectivity index (χ2v) is 6.12. The van der Waals surface area contributed by atoms with Crippen LogP contribution < -0.4 is 10.1 Å². The van der Waals surface area contributed by atoms with Gasteiger partial charge in [-0.25, -0.2) is 0 Å². The number of hydrogen-bond acceptors (Lipinski definition) is 2. The van der Waals surface area contributed by atoms with E-state index in [0.717, 1.165) is 28.0 Å². The van der Waals surface area contributed by atoms with E-state index in [0.29, 0.717) is 0 Å². The number of nitrogens with one attached hydrogen (secondary N) is 1. The fraction of sp³-hybridized carbons (Fsp3) is 0.500. The molecule has 3 rings (SSSR count). The van der Waals surface area contributed by atoms with Gasteiger partial charge in [0.1, 0.15) is 5.75 Å². The topological polar surface area (TPSA) is 24.5 Å². The third kappa shape index (κ3) is 1.73. The number of ether oxygens (including phenoxy) is 1. The van der Waals surface area contributed by atoms with Gasteiger partial charge < -0.3 is 15.0 Å². The van der Waals surface area contributed by atoms with Gasteiger partial charge in [-0.05, 0) is 44.3 Å². The number of benzene rings is 1. The molecule has 3 atom stereocenters. The maximum atomic E-state index is 6.27. The van der Waals surface area contributed by atoms with E-state index >= 15 is 0 Å². The number of hydrogen-bond donors (Lipinski definition) is 1. The first-order valence-corrected chi connectivity index (χ1v) is 7.32. The Morgan fingerprint density at radius 1 is 1.53 bits per heavy atom. The lowest BCUT2D eigenvalue weighted by Crippen LogP contribution is -2.68. The van der Waals surface area contributed by atoms with Crippen molar-refractivity contribution < 1.29 is 4.74 Å². The summed E-state index contributed by atoms with van der Waals surface area (Å²) in [4.78, 5) is 2.11. The van der Waals surface area contributed by atoms with Crippen LogP contribution in [-0.4, -0.2) is 22.3 Å². The van der Waals surface area contributed by atoms with Crippen molar-refractivity contribution in [3.8, 4) is 5.75 Å². The van der Waals surface area contributed by atoms with Gasteiger partial charge in [0, 0.05) is 23.0 Å². The Bertz CT molecular complexity index is 550. The molecule has 0 aromatic heterocycles. The first kappa shape index (κ1) is 13.0. The maximum absolute atomic E-state index is 6.27. The number of thiocarbonyl (C=S) groups is 1. The van der Waals surface area contributed by atoms with Crippen LogP contribution in [0, 0.1) is 5.92 Å². The van der Waals surface area contributed by atoms with Gasteiger partial charge in [-0.15, -0.1) is 0 Å². The summed E-state index contributed by atoms with van der Waals surface area (Å²) in [6, 6.07) is 5.93. The molecular formula is C14H17ClN2OS. The SMILES string of the molecule is CCN1C(=S)NC2c3cc(Cl)ccc3OC1(C)C2C. The fourth-order valence-corrected chi connectivity index (χ4v) is 3.74. The first-order chi connectivity index (χ1) is 8.97. The second kappa shape index (κ2) is 4.25. The molecule has 0 spiro atoms. The van der Waals surface area contributed by atoms with E-state index in [9.17, 15) is 0 Å². The molecule has 1 N–H and O–H groups in total. The van der Waals surface area contributed by atoms with E-state index in [1.165, 1.54) is 0 Å². The Hall–Kier alpha value is -1.00. The predicted octanol–water partition coefficient (Wildman–Crippen LogP) is 3.34. The summed E-state index contributed by atoms with van der Waals surface area (Å²) in [7, 11) is 0. The summed E-state index contributed by atoms with van der Waals surface area (Å²) in [6.07, 6.45) is 0. The van der Waals surface area contributed by atoms with Crippen molar-refractivity contribution in [2.45, 2.75) is 32.5 Å². The molecule has 2 aliphatic heterocycles. The molecule has 2 bridgehead atoms. The second-order valence-electron chi connectivity index (χ2n) is 5.30. The van der Waals surface area contributed by atoms with Crippen LogP contribution in [0.3, 0.4) is 0 Å². The van der Waals surface area contributed by atoms with E-state index in [1.54, 1.807) is 0 Å². The van der Waals surface area contributed by atoms with Crippen molar-refractivity contribution in [3.63, 3.8) is 0 Å². The normalized spacial score (nSPS) is 32.4. The molecule has 1 fully saturated rings. The minimum atomic E-state index is -0.400. The number of nitrogens with zero attached hydrogens (tertiary/aromatic N) is 1. The predicted molar refractivity (Wildman–Crippen MR) is 80.5 cm³/mol. The highest BCUT2D eigenvalue weighted by molar-refractivity contribution is 7.80. The van der Waals surface area contributed by atoms with Crippen molar-refractivity contribution in [1.82, 2.24) is 10.2 Å². The summed E-state index contributed by atoms with van der Waals surface area (Å²) >= 11 is 11.6. The molecule has 0 saturated carbocycles. The molecule has 5 heteroatoms. The minimum absolute atomic E-state index is 0.155. The van der Waals surface area contributed by atoms with Crippen LogP contribution in [-0.2, 0) is 0 Å². The third-order valence-electron chi connectivity index (χ3n) is 4.34. The van der Waals surface area contributed by atoms with Gasteiger partial charge in [0.25, 0.3) is 0 Å². The van der Waals surface area contributed by atoms with E-state index in [2.05, 4.69) is 31.0 Å². The highest BCUT2D eigenvalue weighted by atomic mass is 35.5. The van der Waals surface area contributed by atoms with Gasteiger partial charge in [-0.1, -0.05) is 18.5 Å². The molecule has 2 heterocycles. The average Bonchev–Trinajstić information content (AvgIpc) is 2.35. The van der Waals surface area contributed by atoms with E-state index in [1.807, 2.05) is 18.2 Å². The summed E-state index contributed by atoms with van der Waals surface area (Å²) in [6.45, 7) is 7.21. The molecular weight excluding hydrogens is 280 g/mol. The summed E-state index contributed by atoms with van der Waals surface area (Å²) < 4.78 is 6.27. The summed E-state index contributed by atoms with van der Waals surface area (Å²) in [5.41, 5.74) is 0.693. The lowest BCUT2D eigenvalue weighted by Gasteiger charge is -2.56. The highest BCUT2D eigenvalue weighted by Gasteiger charge is 2.52. The minimum Gasteiger partial charge on any atom is -0.467 e. The largest absolute Gasteiger partial charge is 0.467 e. The lowest BCUT2D eigenvalue weighted by atomic mass is 9.81. The van der Waals surface area contributed by atoms with Crippen molar-refractivity contribution in [1.29, 1.82) is 0 Å². The van der Waals surface area contributed by atoms with Gasteiger partial charge in [0.15, 0.2) is 10.8 Å². The smallest absolute Gasteiger partial charge is 0.186 e. The summed E-state index contributed by atoms with van der Waals surface area (Å²) in [5, 5.41) is 4.90. The van der Waals surface area contributed by atoms with Crippen LogP contribution in [0.25, 0.3) is 0 Å². The lowest BCUT2D eigenvalue weighted by molar-refractivity contribution is -0.108. The standard InChI is InChI=1S/C14H17ClN2OS/c1-4-17-13(19)16-12-8(2)14(17,3)18-11-6-5-9(15)7-10(11)12/h5-8,12H,4H2,1-3H3,(H,16,19). The van der Waals surface area contributed by atoms with E-state index < -0.39 is 5.72 Å². The van der Waals surface area contributed by atoms with Crippen molar-refractivity contribution in [2.24, 2.45) is 5.92 Å². The number of halogens is 1. The fourth-order valence-electron chi connectivity index (χ4n) is 3.12. The van der Waals surface area contributed by atoms with Gasteiger partial charge in [0.2, 0.25) is 0 Å². The molecule has 0 aliphatic carbocycles. The Morgan fingerprint density at radius 3 is 2.95 bits per heavy atom. The van der Waals surface area contributed by atoms with Crippen LogP contribution in [0.2, 0.25) is 5.02 Å². The molecule has 3 nitrogen and oxygen atoms in total. The Labute approximate surface area is 123 Å².